The van der Waals surface area contributed by atoms with Gasteiger partial charge in [0.05, 0.1) is 0 Å². The maximum absolute atomic E-state index is 6.05. The maximum Gasteiger partial charge on any atom is 0.0451 e. The van der Waals surface area contributed by atoms with Crippen LogP contribution in [-0.2, 0) is 0 Å². The Labute approximate surface area is 163 Å². The van der Waals surface area contributed by atoms with Crippen LogP contribution in [0.4, 0.5) is 5.69 Å². The lowest BCUT2D eigenvalue weighted by molar-refractivity contribution is 0.808. The van der Waals surface area contributed by atoms with E-state index in [1.54, 1.807) is 0 Å². The van der Waals surface area contributed by atoms with Crippen molar-refractivity contribution in [3.8, 4) is 0 Å². The summed E-state index contributed by atoms with van der Waals surface area (Å²) in [6, 6.07) is 8.52. The molecule has 0 atom stereocenters. The number of hydrogen-bond donors (Lipinski definition) is 0. The smallest absolute Gasteiger partial charge is 0.0451 e. The summed E-state index contributed by atoms with van der Waals surface area (Å²) in [7, 11) is 2.15. The minimum absolute atomic E-state index is 0.163. The molecule has 1 aliphatic carbocycles. The third-order valence-electron chi connectivity index (χ3n) is 3.67. The molecular formula is C22H32ClNS. The van der Waals surface area contributed by atoms with E-state index >= 15 is 0 Å². The highest BCUT2D eigenvalue weighted by molar-refractivity contribution is 8.09. The van der Waals surface area contributed by atoms with Gasteiger partial charge in [0.2, 0.25) is 0 Å². The van der Waals surface area contributed by atoms with E-state index in [2.05, 4.69) is 69.6 Å². The van der Waals surface area contributed by atoms with Crippen LogP contribution in [0.1, 0.15) is 53.0 Å². The summed E-state index contributed by atoms with van der Waals surface area (Å²) in [5.41, 5.74) is 3.87. The van der Waals surface area contributed by atoms with Gasteiger partial charge in [-0.1, -0.05) is 82.6 Å². The Kier molecular flexibility index (Phi) is 8.88. The molecule has 3 heteroatoms. The van der Waals surface area contributed by atoms with E-state index in [1.807, 2.05) is 31.7 Å². The molecule has 0 saturated carbocycles. The number of para-hydroxylation sites is 1. The molecule has 0 bridgehead atoms. The number of rotatable bonds is 5. The van der Waals surface area contributed by atoms with Crippen LogP contribution in [0.25, 0.3) is 4.91 Å². The maximum atomic E-state index is 6.05. The van der Waals surface area contributed by atoms with Gasteiger partial charge in [-0.25, -0.2) is 0 Å². The number of hydrogen-bond acceptors (Lipinski definition) is 2. The summed E-state index contributed by atoms with van der Waals surface area (Å²) in [6.45, 7) is 15.9. The second kappa shape index (κ2) is 10.1. The number of thioether (sulfide) groups is 1. The summed E-state index contributed by atoms with van der Waals surface area (Å²) in [5, 5.41) is 0.951. The summed E-state index contributed by atoms with van der Waals surface area (Å²) in [4.78, 5) is 3.43. The first kappa shape index (κ1) is 21.9. The first-order valence-electron chi connectivity index (χ1n) is 8.99. The molecule has 0 unspecified atom stereocenters. The number of allylic oxidation sites excluding steroid dienone is 3. The van der Waals surface area contributed by atoms with Crippen LogP contribution in [0.2, 0.25) is 0 Å². The van der Waals surface area contributed by atoms with Crippen molar-refractivity contribution < 1.29 is 0 Å². The average Bonchev–Trinajstić information content (AvgIpc) is 2.57. The number of benzene rings is 1. The topological polar surface area (TPSA) is 3.24 Å². The van der Waals surface area contributed by atoms with Crippen LogP contribution >= 0.6 is 23.4 Å². The van der Waals surface area contributed by atoms with E-state index in [9.17, 15) is 0 Å². The zero-order valence-corrected chi connectivity index (χ0v) is 18.1. The van der Waals surface area contributed by atoms with Gasteiger partial charge in [-0.2, -0.15) is 0 Å². The van der Waals surface area contributed by atoms with E-state index in [0.29, 0.717) is 0 Å². The summed E-state index contributed by atoms with van der Waals surface area (Å²) >= 11 is 7.88. The fourth-order valence-corrected chi connectivity index (χ4v) is 3.82. The molecule has 1 aromatic rings. The number of halogens is 1. The molecule has 25 heavy (non-hydrogen) atoms. The molecule has 1 aromatic carbocycles. The second-order valence-corrected chi connectivity index (χ2v) is 9.36. The molecule has 0 fully saturated rings. The van der Waals surface area contributed by atoms with Crippen molar-refractivity contribution in [3.63, 3.8) is 0 Å². The van der Waals surface area contributed by atoms with Crippen molar-refractivity contribution in [3.05, 3.63) is 59.2 Å². The summed E-state index contributed by atoms with van der Waals surface area (Å²) < 4.78 is 0.163. The van der Waals surface area contributed by atoms with E-state index in [-0.39, 0.29) is 4.75 Å². The fourth-order valence-electron chi connectivity index (χ4n) is 2.64. The molecule has 0 amide bonds. The normalized spacial score (nSPS) is 14.0. The van der Waals surface area contributed by atoms with Crippen molar-refractivity contribution in [1.82, 2.24) is 0 Å². The molecule has 2 rings (SSSR count). The van der Waals surface area contributed by atoms with E-state index < -0.39 is 0 Å². The van der Waals surface area contributed by atoms with Gasteiger partial charge in [0.1, 0.15) is 0 Å². The summed E-state index contributed by atoms with van der Waals surface area (Å²) in [5.74, 6) is 0. The predicted molar refractivity (Wildman–Crippen MR) is 119 cm³/mol. The van der Waals surface area contributed by atoms with Gasteiger partial charge in [-0.15, -0.1) is 11.8 Å². The zero-order valence-electron chi connectivity index (χ0n) is 16.5. The number of likely N-dealkylation sites (N-methyl/N-ethyl adjacent to an activating group) is 1. The Bertz CT molecular complexity index is 638. The quantitative estimate of drug-likeness (QED) is 0.522. The fraction of sp³-hybridized carbons (Fsp3) is 0.455. The van der Waals surface area contributed by atoms with Gasteiger partial charge < -0.3 is 4.90 Å². The SMILES string of the molecule is C=C(SC(C)(C)C)c1ccccc1N(C)CC1=CC=C(Cl)CC1.CC. The Morgan fingerprint density at radius 3 is 2.36 bits per heavy atom. The first-order chi connectivity index (χ1) is 11.8. The van der Waals surface area contributed by atoms with Crippen LogP contribution in [0.15, 0.2) is 53.6 Å². The first-order valence-corrected chi connectivity index (χ1v) is 10.2. The Hall–Kier alpha value is -1.12. The lowest BCUT2D eigenvalue weighted by atomic mass is 10.0. The Morgan fingerprint density at radius 1 is 1.16 bits per heavy atom. The highest BCUT2D eigenvalue weighted by Crippen LogP contribution is 2.39. The summed E-state index contributed by atoms with van der Waals surface area (Å²) in [6.07, 6.45) is 6.17. The second-order valence-electron chi connectivity index (χ2n) is 6.95. The van der Waals surface area contributed by atoms with Crippen LogP contribution in [0.3, 0.4) is 0 Å². The standard InChI is InChI=1S/C20H26ClNS.C2H6/c1-15(23-20(2,3)4)18-8-6-7-9-19(18)22(5)14-16-10-12-17(21)13-11-16;1-2/h6-10,12H,1,11,13-14H2,2-5H3;1-2H3. The van der Waals surface area contributed by atoms with Gasteiger partial charge >= 0.3 is 0 Å². The largest absolute Gasteiger partial charge is 0.370 e. The molecular weight excluding hydrogens is 346 g/mol. The van der Waals surface area contributed by atoms with Gasteiger partial charge in [-0.05, 0) is 25.0 Å². The molecule has 0 aromatic heterocycles. The molecule has 0 heterocycles. The number of nitrogens with zero attached hydrogens (tertiary/aromatic N) is 1. The van der Waals surface area contributed by atoms with Crippen molar-refractivity contribution in [2.24, 2.45) is 0 Å². The Morgan fingerprint density at radius 2 is 1.80 bits per heavy atom. The van der Waals surface area contributed by atoms with E-state index in [0.717, 1.165) is 29.3 Å². The van der Waals surface area contributed by atoms with Crippen LogP contribution < -0.4 is 4.90 Å². The molecule has 0 N–H and O–H groups in total. The third-order valence-corrected chi connectivity index (χ3v) is 5.06. The van der Waals surface area contributed by atoms with Gasteiger partial charge in [0.15, 0.2) is 0 Å². The average molecular weight is 378 g/mol. The van der Waals surface area contributed by atoms with Gasteiger partial charge in [0, 0.05) is 39.5 Å². The zero-order chi connectivity index (χ0) is 19.0. The van der Waals surface area contributed by atoms with Crippen molar-refractivity contribution >= 4 is 34.0 Å². The minimum atomic E-state index is 0.163. The Balaban J connectivity index is 0.00000151. The highest BCUT2D eigenvalue weighted by Gasteiger charge is 2.17. The molecule has 0 saturated heterocycles. The van der Waals surface area contributed by atoms with Crippen molar-refractivity contribution in [1.29, 1.82) is 0 Å². The molecule has 1 nitrogen and oxygen atoms in total. The van der Waals surface area contributed by atoms with Crippen LogP contribution in [-0.4, -0.2) is 18.3 Å². The minimum Gasteiger partial charge on any atom is -0.370 e. The van der Waals surface area contributed by atoms with Gasteiger partial charge in [-0.3, -0.25) is 0 Å². The monoisotopic (exact) mass is 377 g/mol. The van der Waals surface area contributed by atoms with Gasteiger partial charge in [0.25, 0.3) is 0 Å². The molecule has 0 aliphatic heterocycles. The third kappa shape index (κ3) is 7.33. The lowest BCUT2D eigenvalue weighted by Gasteiger charge is -2.27. The molecule has 1 aliphatic rings. The molecule has 138 valence electrons. The molecule has 0 radical (unpaired) electrons. The lowest BCUT2D eigenvalue weighted by Crippen LogP contribution is -2.22. The van der Waals surface area contributed by atoms with E-state index in [4.69, 9.17) is 11.6 Å². The van der Waals surface area contributed by atoms with Crippen molar-refractivity contribution in [2.75, 3.05) is 18.5 Å². The van der Waals surface area contributed by atoms with Crippen LogP contribution in [0, 0.1) is 0 Å². The predicted octanol–water partition coefficient (Wildman–Crippen LogP) is 7.49. The number of anilines is 1. The van der Waals surface area contributed by atoms with Crippen molar-refractivity contribution in [2.45, 2.75) is 52.2 Å². The highest BCUT2D eigenvalue weighted by atomic mass is 35.5. The molecule has 0 spiro atoms. The van der Waals surface area contributed by atoms with E-state index in [1.165, 1.54) is 16.8 Å². The van der Waals surface area contributed by atoms with Crippen LogP contribution in [0.5, 0.6) is 0 Å².